The van der Waals surface area contributed by atoms with Crippen molar-refractivity contribution < 1.29 is 9.13 Å². The van der Waals surface area contributed by atoms with Crippen molar-refractivity contribution in [3.8, 4) is 11.5 Å². The van der Waals surface area contributed by atoms with Crippen LogP contribution >= 0.6 is 38.5 Å². The van der Waals surface area contributed by atoms with E-state index in [1.54, 1.807) is 18.2 Å². The van der Waals surface area contributed by atoms with Crippen molar-refractivity contribution in [2.24, 2.45) is 0 Å². The third-order valence-corrected chi connectivity index (χ3v) is 3.40. The molecule has 0 saturated carbocycles. The second kappa shape index (κ2) is 5.22. The molecule has 2 rings (SSSR count). The maximum atomic E-state index is 13.4. The highest BCUT2D eigenvalue weighted by atomic mass is 127. The molecule has 0 aliphatic heterocycles. The van der Waals surface area contributed by atoms with Gasteiger partial charge in [0.25, 0.3) is 0 Å². The quantitative estimate of drug-likeness (QED) is 0.584. The van der Waals surface area contributed by atoms with Crippen molar-refractivity contribution in [1.29, 1.82) is 0 Å². The first-order valence-electron chi connectivity index (χ1n) is 4.74. The van der Waals surface area contributed by atoms with Crippen LogP contribution in [0.5, 0.6) is 11.5 Å². The first kappa shape index (κ1) is 12.6. The number of benzene rings is 2. The van der Waals surface area contributed by atoms with E-state index in [1.807, 2.05) is 34.7 Å². The Kier molecular flexibility index (Phi) is 3.88. The molecule has 5 heteroatoms. The van der Waals surface area contributed by atoms with Crippen molar-refractivity contribution in [2.45, 2.75) is 0 Å². The Labute approximate surface area is 120 Å². The van der Waals surface area contributed by atoms with E-state index in [0.29, 0.717) is 20.8 Å². The number of halogens is 3. The van der Waals surface area contributed by atoms with Crippen LogP contribution in [0.4, 0.5) is 10.1 Å². The molecule has 88 valence electrons. The first-order chi connectivity index (χ1) is 8.06. The second-order valence-electron chi connectivity index (χ2n) is 3.36. The number of rotatable bonds is 2. The highest BCUT2D eigenvalue weighted by molar-refractivity contribution is 14.1. The number of hydrogen-bond acceptors (Lipinski definition) is 2. The van der Waals surface area contributed by atoms with E-state index < -0.39 is 0 Å². The molecule has 17 heavy (non-hydrogen) atoms. The average molecular weight is 408 g/mol. The summed E-state index contributed by atoms with van der Waals surface area (Å²) in [6.07, 6.45) is 0. The van der Waals surface area contributed by atoms with Crippen molar-refractivity contribution in [1.82, 2.24) is 0 Å². The smallest absolute Gasteiger partial charge is 0.153 e. The molecule has 2 N–H and O–H groups in total. The van der Waals surface area contributed by atoms with Gasteiger partial charge in [-0.1, -0.05) is 22.0 Å². The minimum absolute atomic E-state index is 0.320. The highest BCUT2D eigenvalue weighted by Crippen LogP contribution is 2.31. The molecular formula is C12H8BrFINO. The minimum Gasteiger partial charge on any atom is -0.455 e. The molecule has 2 aromatic carbocycles. The van der Waals surface area contributed by atoms with Gasteiger partial charge in [-0.3, -0.25) is 0 Å². The summed E-state index contributed by atoms with van der Waals surface area (Å²) >= 11 is 5.22. The molecule has 2 nitrogen and oxygen atoms in total. The van der Waals surface area contributed by atoms with E-state index >= 15 is 0 Å². The van der Waals surface area contributed by atoms with Crippen LogP contribution in [0.3, 0.4) is 0 Å². The minimum atomic E-state index is -0.343. The monoisotopic (exact) mass is 407 g/mol. The molecule has 0 spiro atoms. The summed E-state index contributed by atoms with van der Waals surface area (Å²) in [5.41, 5.74) is 6.18. The van der Waals surface area contributed by atoms with Crippen LogP contribution in [0.15, 0.2) is 40.9 Å². The van der Waals surface area contributed by atoms with Crippen LogP contribution < -0.4 is 10.5 Å². The van der Waals surface area contributed by atoms with E-state index in [9.17, 15) is 4.39 Å². The van der Waals surface area contributed by atoms with Crippen LogP contribution in [0, 0.1) is 9.39 Å². The maximum absolute atomic E-state index is 13.4. The fourth-order valence-corrected chi connectivity index (χ4v) is 2.16. The lowest BCUT2D eigenvalue weighted by atomic mass is 10.3. The molecule has 0 saturated heterocycles. The van der Waals surface area contributed by atoms with Crippen LogP contribution in [0.2, 0.25) is 0 Å². The zero-order valence-electron chi connectivity index (χ0n) is 8.58. The second-order valence-corrected chi connectivity index (χ2v) is 5.44. The molecule has 0 unspecified atom stereocenters. The third kappa shape index (κ3) is 3.10. The van der Waals surface area contributed by atoms with Crippen LogP contribution in [0.1, 0.15) is 0 Å². The Morgan fingerprint density at radius 2 is 2.00 bits per heavy atom. The summed E-state index contributed by atoms with van der Waals surface area (Å²) in [6, 6.07) is 10.1. The zero-order chi connectivity index (χ0) is 12.4. The molecule has 0 aliphatic rings. The first-order valence-corrected chi connectivity index (χ1v) is 6.61. The summed E-state index contributed by atoms with van der Waals surface area (Å²) in [5.74, 6) is 0.581. The predicted molar refractivity (Wildman–Crippen MR) is 77.7 cm³/mol. The standard InChI is InChI=1S/C12H8BrFINO/c13-7-2-1-3-8(4-7)17-12-5-9(14)10(15)6-11(12)16/h1-6H,16H2. The fraction of sp³-hybridized carbons (Fsp3) is 0. The van der Waals surface area contributed by atoms with E-state index in [1.165, 1.54) is 6.07 Å². The highest BCUT2D eigenvalue weighted by Gasteiger charge is 2.08. The van der Waals surface area contributed by atoms with Gasteiger partial charge in [-0.2, -0.15) is 0 Å². The van der Waals surface area contributed by atoms with E-state index in [-0.39, 0.29) is 5.82 Å². The van der Waals surface area contributed by atoms with Gasteiger partial charge in [0.2, 0.25) is 0 Å². The topological polar surface area (TPSA) is 35.2 Å². The number of ether oxygens (including phenoxy) is 1. The lowest BCUT2D eigenvalue weighted by molar-refractivity contribution is 0.478. The fourth-order valence-electron chi connectivity index (χ4n) is 1.29. The van der Waals surface area contributed by atoms with Gasteiger partial charge >= 0.3 is 0 Å². The van der Waals surface area contributed by atoms with Gasteiger partial charge in [-0.05, 0) is 46.9 Å². The molecule has 2 aromatic rings. The van der Waals surface area contributed by atoms with Crippen molar-refractivity contribution in [3.05, 3.63) is 50.3 Å². The molecule has 0 atom stereocenters. The number of hydrogen-bond donors (Lipinski definition) is 1. The summed E-state index contributed by atoms with van der Waals surface area (Å²) in [6.45, 7) is 0. The van der Waals surface area contributed by atoms with Gasteiger partial charge in [0, 0.05) is 10.5 Å². The van der Waals surface area contributed by atoms with E-state index in [2.05, 4.69) is 15.9 Å². The van der Waals surface area contributed by atoms with Gasteiger partial charge < -0.3 is 10.5 Å². The lowest BCUT2D eigenvalue weighted by Crippen LogP contribution is -1.95. The number of nitrogens with two attached hydrogens (primary N) is 1. The van der Waals surface area contributed by atoms with Gasteiger partial charge in [0.15, 0.2) is 5.75 Å². The summed E-state index contributed by atoms with van der Waals surface area (Å²) in [5, 5.41) is 0. The summed E-state index contributed by atoms with van der Waals surface area (Å²) in [4.78, 5) is 0. The van der Waals surface area contributed by atoms with Crippen molar-refractivity contribution in [3.63, 3.8) is 0 Å². The summed E-state index contributed by atoms with van der Waals surface area (Å²) < 4.78 is 20.3. The Hall–Kier alpha value is -0.820. The molecule has 0 aliphatic carbocycles. The average Bonchev–Trinajstić information content (AvgIpc) is 2.26. The van der Waals surface area contributed by atoms with E-state index in [4.69, 9.17) is 10.5 Å². The third-order valence-electron chi connectivity index (χ3n) is 2.08. The normalized spacial score (nSPS) is 10.3. The van der Waals surface area contributed by atoms with Gasteiger partial charge in [-0.25, -0.2) is 4.39 Å². The van der Waals surface area contributed by atoms with Gasteiger partial charge in [0.05, 0.1) is 9.26 Å². The Balaban J connectivity index is 2.33. The summed E-state index contributed by atoms with van der Waals surface area (Å²) in [7, 11) is 0. The number of nitrogen functional groups attached to an aromatic ring is 1. The Bertz CT molecular complexity index is 562. The molecule has 0 bridgehead atoms. The molecule has 0 radical (unpaired) electrons. The van der Waals surface area contributed by atoms with Crippen molar-refractivity contribution in [2.75, 3.05) is 5.73 Å². The lowest BCUT2D eigenvalue weighted by Gasteiger charge is -2.09. The molecule has 0 fully saturated rings. The van der Waals surface area contributed by atoms with Crippen LogP contribution in [0.25, 0.3) is 0 Å². The predicted octanol–water partition coefficient (Wildman–Crippen LogP) is 4.57. The van der Waals surface area contributed by atoms with Crippen LogP contribution in [-0.4, -0.2) is 0 Å². The number of anilines is 1. The largest absolute Gasteiger partial charge is 0.455 e. The zero-order valence-corrected chi connectivity index (χ0v) is 12.3. The molecule has 0 amide bonds. The molecule has 0 aromatic heterocycles. The van der Waals surface area contributed by atoms with Crippen LogP contribution in [-0.2, 0) is 0 Å². The molecule has 0 heterocycles. The van der Waals surface area contributed by atoms with Gasteiger partial charge in [-0.15, -0.1) is 0 Å². The van der Waals surface area contributed by atoms with E-state index in [0.717, 1.165) is 4.47 Å². The maximum Gasteiger partial charge on any atom is 0.153 e. The van der Waals surface area contributed by atoms with Crippen molar-refractivity contribution >= 4 is 44.2 Å². The molecular weight excluding hydrogens is 400 g/mol. The Morgan fingerprint density at radius 3 is 2.71 bits per heavy atom. The SMILES string of the molecule is Nc1cc(I)c(F)cc1Oc1cccc(Br)c1. The Morgan fingerprint density at radius 1 is 1.24 bits per heavy atom. The van der Waals surface area contributed by atoms with Gasteiger partial charge in [0.1, 0.15) is 11.6 Å².